The lowest BCUT2D eigenvalue weighted by Crippen LogP contribution is -2.17. The van der Waals surface area contributed by atoms with Gasteiger partial charge >= 0.3 is 0 Å². The van der Waals surface area contributed by atoms with Gasteiger partial charge in [0.25, 0.3) is 5.91 Å². The van der Waals surface area contributed by atoms with Gasteiger partial charge < -0.3 is 5.32 Å². The molecular formula is C21H25N3O. The van der Waals surface area contributed by atoms with Crippen LogP contribution in [0.2, 0.25) is 0 Å². The predicted molar refractivity (Wildman–Crippen MR) is 102 cm³/mol. The molecule has 4 heteroatoms. The van der Waals surface area contributed by atoms with Crippen LogP contribution in [-0.2, 0) is 6.42 Å². The third kappa shape index (κ3) is 3.43. The molecule has 0 aliphatic rings. The minimum atomic E-state index is -0.102. The zero-order valence-corrected chi connectivity index (χ0v) is 15.3. The van der Waals surface area contributed by atoms with Crippen molar-refractivity contribution in [2.45, 2.75) is 46.5 Å². The number of aryl methyl sites for hydroxylation is 2. The number of amides is 1. The van der Waals surface area contributed by atoms with Gasteiger partial charge in [-0.25, -0.2) is 4.98 Å². The van der Waals surface area contributed by atoms with Crippen LogP contribution in [0.5, 0.6) is 0 Å². The number of fused-ring (bicyclic) bond motifs is 1. The zero-order chi connectivity index (χ0) is 18.0. The van der Waals surface area contributed by atoms with E-state index in [9.17, 15) is 4.79 Å². The van der Waals surface area contributed by atoms with Crippen LogP contribution in [0.1, 0.15) is 60.4 Å². The second-order valence-corrected chi connectivity index (χ2v) is 6.79. The summed E-state index contributed by atoms with van der Waals surface area (Å²) in [6.45, 7) is 8.38. The Morgan fingerprint density at radius 3 is 2.68 bits per heavy atom. The fourth-order valence-electron chi connectivity index (χ4n) is 3.15. The molecule has 130 valence electrons. The minimum Gasteiger partial charge on any atom is -0.320 e. The van der Waals surface area contributed by atoms with Crippen LogP contribution >= 0.6 is 0 Å². The third-order valence-corrected chi connectivity index (χ3v) is 4.37. The molecule has 0 spiro atoms. The van der Waals surface area contributed by atoms with Crippen LogP contribution in [0.15, 0.2) is 42.6 Å². The molecule has 0 aliphatic heterocycles. The Bertz CT molecular complexity index is 909. The summed E-state index contributed by atoms with van der Waals surface area (Å²) in [5, 5.41) is 3.10. The summed E-state index contributed by atoms with van der Waals surface area (Å²) < 4.78 is 1.91. The number of anilines is 1. The normalized spacial score (nSPS) is 11.2. The number of pyridine rings is 1. The lowest BCUT2D eigenvalue weighted by atomic mass is 10.0. The fourth-order valence-corrected chi connectivity index (χ4v) is 3.15. The quantitative estimate of drug-likeness (QED) is 0.715. The lowest BCUT2D eigenvalue weighted by molar-refractivity contribution is 0.102. The molecule has 0 bridgehead atoms. The summed E-state index contributed by atoms with van der Waals surface area (Å²) in [4.78, 5) is 17.8. The molecule has 2 aromatic heterocycles. The highest BCUT2D eigenvalue weighted by atomic mass is 16.2. The van der Waals surface area contributed by atoms with Crippen molar-refractivity contribution in [3.8, 4) is 0 Å². The Balaban J connectivity index is 2.05. The van der Waals surface area contributed by atoms with Crippen LogP contribution in [0.25, 0.3) is 5.65 Å². The van der Waals surface area contributed by atoms with Crippen LogP contribution in [-0.4, -0.2) is 15.3 Å². The van der Waals surface area contributed by atoms with Crippen LogP contribution in [0.3, 0.4) is 0 Å². The smallest absolute Gasteiger partial charge is 0.274 e. The van der Waals surface area contributed by atoms with Gasteiger partial charge in [0.2, 0.25) is 0 Å². The molecule has 3 rings (SSSR count). The molecule has 0 fully saturated rings. The van der Waals surface area contributed by atoms with Gasteiger partial charge in [-0.05, 0) is 42.5 Å². The van der Waals surface area contributed by atoms with E-state index in [2.05, 4.69) is 37.1 Å². The lowest BCUT2D eigenvalue weighted by Gasteiger charge is -2.14. The van der Waals surface area contributed by atoms with Crippen molar-refractivity contribution in [2.24, 2.45) is 0 Å². The summed E-state index contributed by atoms with van der Waals surface area (Å²) in [7, 11) is 0. The first-order valence-corrected chi connectivity index (χ1v) is 8.89. The first-order valence-electron chi connectivity index (χ1n) is 8.89. The molecular weight excluding hydrogens is 310 g/mol. The molecule has 3 aromatic rings. The highest BCUT2D eigenvalue weighted by molar-refractivity contribution is 6.05. The Labute approximate surface area is 148 Å². The average Bonchev–Trinajstić information content (AvgIpc) is 2.92. The van der Waals surface area contributed by atoms with Gasteiger partial charge in [-0.15, -0.1) is 0 Å². The second-order valence-electron chi connectivity index (χ2n) is 6.79. The molecule has 1 aromatic carbocycles. The largest absolute Gasteiger partial charge is 0.320 e. The summed E-state index contributed by atoms with van der Waals surface area (Å²) >= 11 is 0. The highest BCUT2D eigenvalue weighted by Crippen LogP contribution is 2.25. The number of carbonyl (C=O) groups is 1. The van der Waals surface area contributed by atoms with E-state index >= 15 is 0 Å². The maximum absolute atomic E-state index is 13.1. The fraction of sp³-hybridized carbons (Fsp3) is 0.333. The number of para-hydroxylation sites is 1. The van der Waals surface area contributed by atoms with Crippen molar-refractivity contribution in [1.82, 2.24) is 9.38 Å². The molecule has 0 atom stereocenters. The van der Waals surface area contributed by atoms with Crippen molar-refractivity contribution in [2.75, 3.05) is 5.32 Å². The summed E-state index contributed by atoms with van der Waals surface area (Å²) in [6, 6.07) is 12.0. The van der Waals surface area contributed by atoms with Crippen molar-refractivity contribution in [1.29, 1.82) is 0 Å². The number of carbonyl (C=O) groups excluding carboxylic acids is 1. The first kappa shape index (κ1) is 17.2. The average molecular weight is 335 g/mol. The van der Waals surface area contributed by atoms with E-state index in [1.54, 1.807) is 0 Å². The van der Waals surface area contributed by atoms with Gasteiger partial charge in [-0.2, -0.15) is 0 Å². The predicted octanol–water partition coefficient (Wildman–Crippen LogP) is 4.97. The van der Waals surface area contributed by atoms with E-state index in [4.69, 9.17) is 0 Å². The zero-order valence-electron chi connectivity index (χ0n) is 15.3. The maximum atomic E-state index is 13.1. The van der Waals surface area contributed by atoms with Crippen molar-refractivity contribution >= 4 is 17.2 Å². The third-order valence-electron chi connectivity index (χ3n) is 4.37. The Hall–Kier alpha value is -2.62. The molecule has 4 nitrogen and oxygen atoms in total. The van der Waals surface area contributed by atoms with Gasteiger partial charge in [-0.1, -0.05) is 51.5 Å². The number of hydrogen-bond acceptors (Lipinski definition) is 2. The standard InChI is InChI=1S/C21H25N3O/c1-5-8-18-20(24-13-15(4)11-12-19(24)22-18)21(25)23-17-10-7-6-9-16(17)14(2)3/h6-7,9-14H,5,8H2,1-4H3,(H,23,25). The number of imidazole rings is 1. The van der Waals surface area contributed by atoms with Crippen molar-refractivity contribution < 1.29 is 4.79 Å². The Kier molecular flexibility index (Phi) is 4.88. The molecule has 0 saturated carbocycles. The van der Waals surface area contributed by atoms with Crippen molar-refractivity contribution in [3.63, 3.8) is 0 Å². The summed E-state index contributed by atoms with van der Waals surface area (Å²) in [5.74, 6) is 0.241. The minimum absolute atomic E-state index is 0.102. The number of rotatable bonds is 5. The first-order chi connectivity index (χ1) is 12.0. The monoisotopic (exact) mass is 335 g/mol. The van der Waals surface area contributed by atoms with Gasteiger partial charge in [-0.3, -0.25) is 9.20 Å². The van der Waals surface area contributed by atoms with E-state index in [1.165, 1.54) is 0 Å². The van der Waals surface area contributed by atoms with E-state index in [0.29, 0.717) is 11.6 Å². The molecule has 1 N–H and O–H groups in total. The number of benzene rings is 1. The van der Waals surface area contributed by atoms with Crippen LogP contribution in [0, 0.1) is 6.92 Å². The number of hydrogen-bond donors (Lipinski definition) is 1. The van der Waals surface area contributed by atoms with Crippen LogP contribution < -0.4 is 5.32 Å². The second kappa shape index (κ2) is 7.09. The summed E-state index contributed by atoms with van der Waals surface area (Å²) in [5.41, 5.74) is 5.41. The molecule has 0 radical (unpaired) electrons. The van der Waals surface area contributed by atoms with Crippen LogP contribution in [0.4, 0.5) is 5.69 Å². The van der Waals surface area contributed by atoms with Gasteiger partial charge in [0.1, 0.15) is 11.3 Å². The van der Waals surface area contributed by atoms with Gasteiger partial charge in [0.15, 0.2) is 0 Å². The molecule has 1 amide bonds. The van der Waals surface area contributed by atoms with E-state index in [0.717, 1.165) is 41.0 Å². The number of nitrogens with one attached hydrogen (secondary N) is 1. The topological polar surface area (TPSA) is 46.4 Å². The number of aromatic nitrogens is 2. The molecule has 0 unspecified atom stereocenters. The van der Waals surface area contributed by atoms with Crippen molar-refractivity contribution in [3.05, 3.63) is 65.1 Å². The molecule has 25 heavy (non-hydrogen) atoms. The van der Waals surface area contributed by atoms with Gasteiger partial charge in [0, 0.05) is 11.9 Å². The van der Waals surface area contributed by atoms with E-state index < -0.39 is 0 Å². The molecule has 2 heterocycles. The molecule has 0 aliphatic carbocycles. The molecule has 0 saturated heterocycles. The van der Waals surface area contributed by atoms with Gasteiger partial charge in [0.05, 0.1) is 5.69 Å². The highest BCUT2D eigenvalue weighted by Gasteiger charge is 2.20. The maximum Gasteiger partial charge on any atom is 0.274 e. The summed E-state index contributed by atoms with van der Waals surface area (Å²) in [6.07, 6.45) is 3.71. The van der Waals surface area contributed by atoms with E-state index in [-0.39, 0.29) is 5.91 Å². The Morgan fingerprint density at radius 2 is 1.96 bits per heavy atom. The van der Waals surface area contributed by atoms with E-state index in [1.807, 2.05) is 47.9 Å². The SMILES string of the molecule is CCCc1nc2ccc(C)cn2c1C(=O)Nc1ccccc1C(C)C. The number of nitrogens with zero attached hydrogens (tertiary/aromatic N) is 2. The Morgan fingerprint density at radius 1 is 1.20 bits per heavy atom.